The topological polar surface area (TPSA) is 56.7 Å². The minimum Gasteiger partial charge on any atom is -0.323 e. The highest BCUT2D eigenvalue weighted by Gasteiger charge is 2.08. The molecule has 0 aliphatic heterocycles. The number of nitrogens with zero attached hydrogens (tertiary/aromatic N) is 3. The minimum atomic E-state index is -0.00453. The SMILES string of the molecule is Cc1cccc(C(N)CCc2cnn(C)c2)n1. The number of pyridine rings is 1. The summed E-state index contributed by atoms with van der Waals surface area (Å²) in [7, 11) is 1.92. The van der Waals surface area contributed by atoms with Crippen LogP contribution >= 0.6 is 0 Å². The Kier molecular flexibility index (Phi) is 3.54. The van der Waals surface area contributed by atoms with E-state index in [1.165, 1.54) is 5.56 Å². The first kappa shape index (κ1) is 11.8. The molecule has 4 nitrogen and oxygen atoms in total. The molecular formula is C13H18N4. The van der Waals surface area contributed by atoms with E-state index in [0.29, 0.717) is 0 Å². The molecule has 0 aliphatic carbocycles. The standard InChI is InChI=1S/C13H18N4/c1-10-4-3-5-13(16-10)12(14)7-6-11-8-15-17(2)9-11/h3-5,8-9,12H,6-7,14H2,1-2H3. The normalized spacial score (nSPS) is 12.6. The summed E-state index contributed by atoms with van der Waals surface area (Å²) in [6.45, 7) is 1.98. The van der Waals surface area contributed by atoms with Gasteiger partial charge in [0, 0.05) is 25.0 Å². The van der Waals surface area contributed by atoms with Gasteiger partial charge in [0.1, 0.15) is 0 Å². The summed E-state index contributed by atoms with van der Waals surface area (Å²) in [5.74, 6) is 0. The molecule has 4 heteroatoms. The molecule has 90 valence electrons. The smallest absolute Gasteiger partial charge is 0.0574 e. The Morgan fingerprint density at radius 2 is 2.24 bits per heavy atom. The van der Waals surface area contributed by atoms with Crippen LogP contribution < -0.4 is 5.73 Å². The summed E-state index contributed by atoms with van der Waals surface area (Å²) in [5.41, 5.74) is 9.33. The highest BCUT2D eigenvalue weighted by atomic mass is 15.2. The van der Waals surface area contributed by atoms with Gasteiger partial charge in [-0.25, -0.2) is 0 Å². The fraction of sp³-hybridized carbons (Fsp3) is 0.385. The second kappa shape index (κ2) is 5.10. The van der Waals surface area contributed by atoms with Crippen molar-refractivity contribution in [3.8, 4) is 0 Å². The molecule has 0 aliphatic rings. The molecule has 0 aromatic carbocycles. The highest BCUT2D eigenvalue weighted by molar-refractivity contribution is 5.14. The lowest BCUT2D eigenvalue weighted by molar-refractivity contribution is 0.631. The van der Waals surface area contributed by atoms with E-state index in [1.54, 1.807) is 0 Å². The molecule has 2 N–H and O–H groups in total. The lowest BCUT2D eigenvalue weighted by Crippen LogP contribution is -2.13. The van der Waals surface area contributed by atoms with E-state index < -0.39 is 0 Å². The molecule has 1 atom stereocenters. The van der Waals surface area contributed by atoms with Gasteiger partial charge in [0.25, 0.3) is 0 Å². The maximum atomic E-state index is 6.13. The van der Waals surface area contributed by atoms with Gasteiger partial charge in [-0.3, -0.25) is 9.67 Å². The average molecular weight is 230 g/mol. The molecule has 2 rings (SSSR count). The van der Waals surface area contributed by atoms with Crippen molar-refractivity contribution in [3.63, 3.8) is 0 Å². The van der Waals surface area contributed by atoms with Crippen molar-refractivity contribution in [2.24, 2.45) is 12.8 Å². The third-order valence-corrected chi connectivity index (χ3v) is 2.79. The van der Waals surface area contributed by atoms with E-state index in [-0.39, 0.29) is 6.04 Å². The van der Waals surface area contributed by atoms with Crippen LogP contribution in [-0.4, -0.2) is 14.8 Å². The van der Waals surface area contributed by atoms with Crippen molar-refractivity contribution in [1.82, 2.24) is 14.8 Å². The van der Waals surface area contributed by atoms with Crippen LogP contribution in [0.4, 0.5) is 0 Å². The van der Waals surface area contributed by atoms with Crippen molar-refractivity contribution in [1.29, 1.82) is 0 Å². The molecule has 2 heterocycles. The molecule has 17 heavy (non-hydrogen) atoms. The van der Waals surface area contributed by atoms with E-state index >= 15 is 0 Å². The zero-order valence-electron chi connectivity index (χ0n) is 10.3. The largest absolute Gasteiger partial charge is 0.323 e. The number of rotatable bonds is 4. The minimum absolute atomic E-state index is 0.00453. The second-order valence-corrected chi connectivity index (χ2v) is 4.37. The number of hydrogen-bond donors (Lipinski definition) is 1. The maximum Gasteiger partial charge on any atom is 0.0574 e. The Bertz CT molecular complexity index is 490. The molecule has 0 spiro atoms. The van der Waals surface area contributed by atoms with Crippen molar-refractivity contribution in [3.05, 3.63) is 47.5 Å². The van der Waals surface area contributed by atoms with Gasteiger partial charge in [-0.1, -0.05) is 6.07 Å². The van der Waals surface area contributed by atoms with Crippen LogP contribution in [0.15, 0.2) is 30.6 Å². The summed E-state index contributed by atoms with van der Waals surface area (Å²) in [6.07, 6.45) is 5.74. The summed E-state index contributed by atoms with van der Waals surface area (Å²) in [4.78, 5) is 4.44. The van der Waals surface area contributed by atoms with Gasteiger partial charge in [-0.2, -0.15) is 5.10 Å². The van der Waals surface area contributed by atoms with Crippen LogP contribution in [0, 0.1) is 6.92 Å². The fourth-order valence-electron chi connectivity index (χ4n) is 1.84. The van der Waals surface area contributed by atoms with Gasteiger partial charge < -0.3 is 5.73 Å². The van der Waals surface area contributed by atoms with E-state index in [0.717, 1.165) is 24.2 Å². The van der Waals surface area contributed by atoms with Crippen LogP contribution in [0.3, 0.4) is 0 Å². The molecule has 0 radical (unpaired) electrons. The van der Waals surface area contributed by atoms with Gasteiger partial charge in [-0.15, -0.1) is 0 Å². The van der Waals surface area contributed by atoms with Crippen molar-refractivity contribution in [2.75, 3.05) is 0 Å². The van der Waals surface area contributed by atoms with E-state index in [4.69, 9.17) is 5.73 Å². The Morgan fingerprint density at radius 1 is 1.41 bits per heavy atom. The molecule has 0 saturated carbocycles. The number of hydrogen-bond acceptors (Lipinski definition) is 3. The molecule has 2 aromatic heterocycles. The van der Waals surface area contributed by atoms with Crippen LogP contribution in [0.5, 0.6) is 0 Å². The van der Waals surface area contributed by atoms with Gasteiger partial charge in [0.2, 0.25) is 0 Å². The summed E-state index contributed by atoms with van der Waals surface area (Å²) >= 11 is 0. The molecule has 0 bridgehead atoms. The predicted octanol–water partition coefficient (Wildman–Crippen LogP) is 1.76. The molecular weight excluding hydrogens is 212 g/mol. The molecule has 0 saturated heterocycles. The Balaban J connectivity index is 1.95. The second-order valence-electron chi connectivity index (χ2n) is 4.37. The van der Waals surface area contributed by atoms with Crippen LogP contribution in [0.2, 0.25) is 0 Å². The van der Waals surface area contributed by atoms with Crippen LogP contribution in [0.25, 0.3) is 0 Å². The highest BCUT2D eigenvalue weighted by Crippen LogP contribution is 2.14. The van der Waals surface area contributed by atoms with E-state index in [1.807, 2.05) is 49.2 Å². The summed E-state index contributed by atoms with van der Waals surface area (Å²) in [5, 5.41) is 4.14. The molecule has 0 fully saturated rings. The lowest BCUT2D eigenvalue weighted by atomic mass is 10.1. The first-order valence-corrected chi connectivity index (χ1v) is 5.82. The van der Waals surface area contributed by atoms with E-state index in [9.17, 15) is 0 Å². The van der Waals surface area contributed by atoms with E-state index in [2.05, 4.69) is 10.1 Å². The lowest BCUT2D eigenvalue weighted by Gasteiger charge is -2.10. The first-order chi connectivity index (χ1) is 8.15. The zero-order valence-corrected chi connectivity index (χ0v) is 10.3. The summed E-state index contributed by atoms with van der Waals surface area (Å²) < 4.78 is 1.81. The quantitative estimate of drug-likeness (QED) is 0.870. The summed E-state index contributed by atoms with van der Waals surface area (Å²) in [6, 6.07) is 5.97. The number of aryl methyl sites for hydroxylation is 3. The predicted molar refractivity (Wildman–Crippen MR) is 67.4 cm³/mol. The van der Waals surface area contributed by atoms with Crippen molar-refractivity contribution < 1.29 is 0 Å². The molecule has 2 aromatic rings. The van der Waals surface area contributed by atoms with Crippen LogP contribution in [-0.2, 0) is 13.5 Å². The Morgan fingerprint density at radius 3 is 2.88 bits per heavy atom. The van der Waals surface area contributed by atoms with Gasteiger partial charge in [0.15, 0.2) is 0 Å². The monoisotopic (exact) mass is 230 g/mol. The van der Waals surface area contributed by atoms with Gasteiger partial charge in [0.05, 0.1) is 11.9 Å². The molecule has 0 amide bonds. The Labute approximate surface area is 101 Å². The van der Waals surface area contributed by atoms with Crippen molar-refractivity contribution >= 4 is 0 Å². The zero-order chi connectivity index (χ0) is 12.3. The fourth-order valence-corrected chi connectivity index (χ4v) is 1.84. The average Bonchev–Trinajstić information content (AvgIpc) is 2.72. The van der Waals surface area contributed by atoms with Gasteiger partial charge >= 0.3 is 0 Å². The number of aromatic nitrogens is 3. The first-order valence-electron chi connectivity index (χ1n) is 5.82. The third-order valence-electron chi connectivity index (χ3n) is 2.79. The molecule has 1 unspecified atom stereocenters. The van der Waals surface area contributed by atoms with Gasteiger partial charge in [-0.05, 0) is 37.5 Å². The van der Waals surface area contributed by atoms with Crippen molar-refractivity contribution in [2.45, 2.75) is 25.8 Å². The Hall–Kier alpha value is -1.68. The third kappa shape index (κ3) is 3.14. The maximum absolute atomic E-state index is 6.13. The number of nitrogens with two attached hydrogens (primary N) is 1. The van der Waals surface area contributed by atoms with Crippen LogP contribution in [0.1, 0.15) is 29.4 Å².